The van der Waals surface area contributed by atoms with Crippen molar-refractivity contribution >= 4 is 5.91 Å². The molecule has 1 aliphatic rings. The molecular formula is C10H20N2O4. The summed E-state index contributed by atoms with van der Waals surface area (Å²) in [6.45, 7) is 5.56. The number of rotatable bonds is 1. The Morgan fingerprint density at radius 2 is 1.81 bits per heavy atom. The Hall–Kier alpha value is -0.690. The maximum atomic E-state index is 11.8. The molecular weight excluding hydrogens is 212 g/mol. The smallest absolute Gasteiger partial charge is 0.240 e. The number of nitrogens with one attached hydrogen (secondary N) is 2. The Morgan fingerprint density at radius 3 is 2.31 bits per heavy atom. The lowest BCUT2D eigenvalue weighted by molar-refractivity contribution is -0.138. The van der Waals surface area contributed by atoms with E-state index >= 15 is 0 Å². The van der Waals surface area contributed by atoms with Crippen LogP contribution in [0.25, 0.3) is 0 Å². The van der Waals surface area contributed by atoms with Crippen molar-refractivity contribution in [2.24, 2.45) is 0 Å². The second-order valence-corrected chi connectivity index (χ2v) is 5.17. The fraction of sp³-hybridized carbons (Fsp3) is 0.900. The number of aliphatic hydroxyl groups is 3. The van der Waals surface area contributed by atoms with Gasteiger partial charge in [0.25, 0.3) is 0 Å². The molecule has 0 aromatic carbocycles. The lowest BCUT2D eigenvalue weighted by atomic mass is 9.94. The molecule has 1 aliphatic heterocycles. The fourth-order valence-corrected chi connectivity index (χ4v) is 1.61. The van der Waals surface area contributed by atoms with Crippen LogP contribution >= 0.6 is 0 Å². The second kappa shape index (κ2) is 4.67. The van der Waals surface area contributed by atoms with E-state index in [9.17, 15) is 20.1 Å². The van der Waals surface area contributed by atoms with Gasteiger partial charge >= 0.3 is 0 Å². The van der Waals surface area contributed by atoms with Crippen LogP contribution in [0.4, 0.5) is 0 Å². The summed E-state index contributed by atoms with van der Waals surface area (Å²) in [4.78, 5) is 11.8. The van der Waals surface area contributed by atoms with Gasteiger partial charge in [-0.3, -0.25) is 4.79 Å². The number of hydrogen-bond acceptors (Lipinski definition) is 5. The lowest BCUT2D eigenvalue weighted by Crippen LogP contribution is -2.65. The molecule has 6 heteroatoms. The van der Waals surface area contributed by atoms with Crippen LogP contribution in [0.15, 0.2) is 0 Å². The molecule has 0 bridgehead atoms. The normalized spacial score (nSPS) is 35.9. The van der Waals surface area contributed by atoms with Crippen LogP contribution in [0.3, 0.4) is 0 Å². The van der Waals surface area contributed by atoms with E-state index in [2.05, 4.69) is 10.6 Å². The van der Waals surface area contributed by atoms with E-state index in [4.69, 9.17) is 0 Å². The summed E-state index contributed by atoms with van der Waals surface area (Å²) < 4.78 is 0. The quantitative estimate of drug-likeness (QED) is 0.358. The monoisotopic (exact) mass is 232 g/mol. The number of carbonyl (C=O) groups is 1. The minimum absolute atomic E-state index is 0.0838. The Balaban J connectivity index is 2.64. The largest absolute Gasteiger partial charge is 0.389 e. The van der Waals surface area contributed by atoms with E-state index in [1.54, 1.807) is 0 Å². The predicted molar refractivity (Wildman–Crippen MR) is 57.7 cm³/mol. The Bertz CT molecular complexity index is 264. The van der Waals surface area contributed by atoms with Gasteiger partial charge in [-0.25, -0.2) is 0 Å². The first-order valence-electron chi connectivity index (χ1n) is 5.32. The number of amides is 1. The van der Waals surface area contributed by atoms with Gasteiger partial charge in [-0.2, -0.15) is 0 Å². The number of hydrogen-bond donors (Lipinski definition) is 5. The van der Waals surface area contributed by atoms with Gasteiger partial charge in [0.2, 0.25) is 5.91 Å². The number of carbonyl (C=O) groups excluding carboxylic acids is 1. The Labute approximate surface area is 94.7 Å². The molecule has 0 aromatic rings. The van der Waals surface area contributed by atoms with Crippen LogP contribution in [0, 0.1) is 0 Å². The minimum Gasteiger partial charge on any atom is -0.389 e. The highest BCUT2D eigenvalue weighted by Gasteiger charge is 2.40. The average molecular weight is 232 g/mol. The minimum atomic E-state index is -1.30. The van der Waals surface area contributed by atoms with Gasteiger partial charge in [-0.05, 0) is 20.8 Å². The molecule has 1 rings (SSSR count). The molecule has 4 atom stereocenters. The molecule has 0 saturated carbocycles. The predicted octanol–water partition coefficient (Wildman–Crippen LogP) is -2.04. The van der Waals surface area contributed by atoms with Gasteiger partial charge in [0.1, 0.15) is 18.2 Å². The number of aliphatic hydroxyl groups excluding tert-OH is 3. The summed E-state index contributed by atoms with van der Waals surface area (Å²) in [7, 11) is 0. The van der Waals surface area contributed by atoms with Gasteiger partial charge in [-0.1, -0.05) is 0 Å². The van der Waals surface area contributed by atoms with E-state index < -0.39 is 29.9 Å². The molecule has 0 aliphatic carbocycles. The zero-order valence-electron chi connectivity index (χ0n) is 9.77. The molecule has 6 nitrogen and oxygen atoms in total. The first-order valence-corrected chi connectivity index (χ1v) is 5.32. The molecule has 1 fully saturated rings. The van der Waals surface area contributed by atoms with Crippen LogP contribution in [-0.4, -0.2) is 57.7 Å². The van der Waals surface area contributed by atoms with Crippen LogP contribution in [-0.2, 0) is 4.79 Å². The summed E-state index contributed by atoms with van der Waals surface area (Å²) >= 11 is 0. The van der Waals surface area contributed by atoms with Crippen molar-refractivity contribution in [2.75, 3.05) is 6.54 Å². The third kappa shape index (κ3) is 3.15. The van der Waals surface area contributed by atoms with E-state index in [-0.39, 0.29) is 12.5 Å². The second-order valence-electron chi connectivity index (χ2n) is 5.17. The van der Waals surface area contributed by atoms with Crippen LogP contribution in [0.5, 0.6) is 0 Å². The summed E-state index contributed by atoms with van der Waals surface area (Å²) in [6, 6.07) is -0.891. The van der Waals surface area contributed by atoms with Crippen LogP contribution < -0.4 is 10.6 Å². The van der Waals surface area contributed by atoms with Crippen LogP contribution in [0.1, 0.15) is 20.8 Å². The van der Waals surface area contributed by atoms with E-state index in [1.807, 2.05) is 20.8 Å². The fourth-order valence-electron chi connectivity index (χ4n) is 1.61. The van der Waals surface area contributed by atoms with Crippen molar-refractivity contribution in [3.8, 4) is 0 Å². The average Bonchev–Trinajstić information content (AvgIpc) is 2.11. The van der Waals surface area contributed by atoms with Gasteiger partial charge in [0.15, 0.2) is 0 Å². The molecule has 5 N–H and O–H groups in total. The Morgan fingerprint density at radius 1 is 1.25 bits per heavy atom. The van der Waals surface area contributed by atoms with Gasteiger partial charge in [0, 0.05) is 12.1 Å². The highest BCUT2D eigenvalue weighted by Crippen LogP contribution is 2.12. The molecule has 0 spiro atoms. The summed E-state index contributed by atoms with van der Waals surface area (Å²) in [5.41, 5.74) is -0.403. The zero-order chi connectivity index (χ0) is 12.5. The highest BCUT2D eigenvalue weighted by molar-refractivity contribution is 5.83. The van der Waals surface area contributed by atoms with Gasteiger partial charge < -0.3 is 26.0 Å². The third-order valence-corrected chi connectivity index (χ3v) is 2.41. The zero-order valence-corrected chi connectivity index (χ0v) is 9.77. The van der Waals surface area contributed by atoms with Gasteiger partial charge in [-0.15, -0.1) is 0 Å². The number of β-amino-alcohol motifs (C(OH)–C–C–N with tert-alkyl or cyclic N) is 1. The SMILES string of the molecule is CC(C)(C)NC(=O)C1NCC(O)C(O)C1O. The molecule has 0 radical (unpaired) electrons. The standard InChI is InChI=1S/C10H20N2O4/c1-10(2,3)12-9(16)6-8(15)7(14)5(13)4-11-6/h5-8,11,13-15H,4H2,1-3H3,(H,12,16). The van der Waals surface area contributed by atoms with Gasteiger partial charge in [0.05, 0.1) is 6.10 Å². The first kappa shape index (κ1) is 13.4. The summed E-state index contributed by atoms with van der Waals surface area (Å²) in [5.74, 6) is -0.383. The van der Waals surface area contributed by atoms with E-state index in [1.165, 1.54) is 0 Å². The van der Waals surface area contributed by atoms with E-state index in [0.29, 0.717) is 0 Å². The highest BCUT2D eigenvalue weighted by atomic mass is 16.4. The summed E-state index contributed by atoms with van der Waals surface area (Å²) in [5, 5.41) is 33.8. The molecule has 94 valence electrons. The maximum Gasteiger partial charge on any atom is 0.240 e. The maximum absolute atomic E-state index is 11.8. The lowest BCUT2D eigenvalue weighted by Gasteiger charge is -2.36. The molecule has 0 aromatic heterocycles. The molecule has 1 saturated heterocycles. The molecule has 16 heavy (non-hydrogen) atoms. The first-order chi connectivity index (χ1) is 7.22. The van der Waals surface area contributed by atoms with Crippen molar-refractivity contribution in [2.45, 2.75) is 50.7 Å². The number of piperidine rings is 1. The Kier molecular flexibility index (Phi) is 3.90. The third-order valence-electron chi connectivity index (χ3n) is 2.41. The van der Waals surface area contributed by atoms with E-state index in [0.717, 1.165) is 0 Å². The topological polar surface area (TPSA) is 102 Å². The molecule has 4 unspecified atom stereocenters. The van der Waals surface area contributed by atoms with Crippen molar-refractivity contribution in [3.05, 3.63) is 0 Å². The summed E-state index contributed by atoms with van der Waals surface area (Å²) in [6.07, 6.45) is -3.64. The van der Waals surface area contributed by atoms with Crippen molar-refractivity contribution in [1.82, 2.24) is 10.6 Å². The molecule has 1 heterocycles. The molecule has 1 amide bonds. The van der Waals surface area contributed by atoms with Crippen LogP contribution in [0.2, 0.25) is 0 Å². The van der Waals surface area contributed by atoms with Crippen molar-refractivity contribution < 1.29 is 20.1 Å². The van der Waals surface area contributed by atoms with Crippen molar-refractivity contribution in [1.29, 1.82) is 0 Å². The van der Waals surface area contributed by atoms with Crippen molar-refractivity contribution in [3.63, 3.8) is 0 Å².